The Morgan fingerprint density at radius 1 is 0.917 bits per heavy atom. The Morgan fingerprint density at radius 2 is 1.25 bits per heavy atom. The summed E-state index contributed by atoms with van der Waals surface area (Å²) in [6, 6.07) is 3.75. The zero-order chi connectivity index (χ0) is 9.40. The van der Waals surface area contributed by atoms with E-state index in [-0.39, 0.29) is 25.7 Å². The summed E-state index contributed by atoms with van der Waals surface area (Å²) < 4.78 is 0. The van der Waals surface area contributed by atoms with Gasteiger partial charge in [0.2, 0.25) is 0 Å². The molecule has 4 nitrogen and oxygen atoms in total. The second-order valence-corrected chi connectivity index (χ2v) is 2.53. The van der Waals surface area contributed by atoms with Crippen molar-refractivity contribution in [3.63, 3.8) is 0 Å². The number of aliphatic hydroxyl groups excluding tert-OH is 2. The Bertz CT molecular complexity index is 170. The monoisotopic (exact) mass is 168 g/mol. The van der Waals surface area contributed by atoms with E-state index in [4.69, 9.17) is 20.7 Å². The lowest BCUT2D eigenvalue weighted by molar-refractivity contribution is 0.0116. The second kappa shape index (κ2) is 6.60. The zero-order valence-corrected chi connectivity index (χ0v) is 6.77. The molecule has 0 amide bonds. The second-order valence-electron chi connectivity index (χ2n) is 2.53. The average Bonchev–Trinajstić information content (AvgIpc) is 2.10. The molecule has 2 N–H and O–H groups in total. The van der Waals surface area contributed by atoms with Gasteiger partial charge in [0, 0.05) is 12.8 Å². The first-order valence-corrected chi connectivity index (χ1v) is 3.82. The highest BCUT2D eigenvalue weighted by Gasteiger charge is 2.14. The predicted molar refractivity (Wildman–Crippen MR) is 41.7 cm³/mol. The third-order valence-corrected chi connectivity index (χ3v) is 1.55. The molecule has 66 valence electrons. The summed E-state index contributed by atoms with van der Waals surface area (Å²) in [5.41, 5.74) is 0. The molecule has 12 heavy (non-hydrogen) atoms. The molecule has 0 aromatic rings. The van der Waals surface area contributed by atoms with Crippen LogP contribution < -0.4 is 0 Å². The minimum absolute atomic E-state index is 0.227. The molecule has 0 bridgehead atoms. The summed E-state index contributed by atoms with van der Waals surface area (Å²) >= 11 is 0. The Balaban J connectivity index is 3.56. The number of aliphatic hydroxyl groups is 2. The van der Waals surface area contributed by atoms with Gasteiger partial charge in [-0.2, -0.15) is 10.5 Å². The molecule has 0 aliphatic heterocycles. The van der Waals surface area contributed by atoms with E-state index in [2.05, 4.69) is 0 Å². The minimum atomic E-state index is -0.877. The molecule has 0 aromatic carbocycles. The van der Waals surface area contributed by atoms with Gasteiger partial charge in [0.05, 0.1) is 24.3 Å². The summed E-state index contributed by atoms with van der Waals surface area (Å²) in [4.78, 5) is 0. The van der Waals surface area contributed by atoms with Crippen molar-refractivity contribution in [2.75, 3.05) is 0 Å². The van der Waals surface area contributed by atoms with Crippen molar-refractivity contribution < 1.29 is 10.2 Å². The Kier molecular flexibility index (Phi) is 6.00. The average molecular weight is 168 g/mol. The van der Waals surface area contributed by atoms with Gasteiger partial charge >= 0.3 is 0 Å². The van der Waals surface area contributed by atoms with E-state index in [1.807, 2.05) is 12.1 Å². The highest BCUT2D eigenvalue weighted by Crippen LogP contribution is 2.06. The van der Waals surface area contributed by atoms with Crippen LogP contribution >= 0.6 is 0 Å². The van der Waals surface area contributed by atoms with Crippen LogP contribution in [0.25, 0.3) is 0 Å². The van der Waals surface area contributed by atoms with Crippen LogP contribution in [-0.2, 0) is 0 Å². The van der Waals surface area contributed by atoms with Crippen molar-refractivity contribution in [3.8, 4) is 12.1 Å². The first kappa shape index (κ1) is 10.9. The van der Waals surface area contributed by atoms with Crippen LogP contribution in [0.1, 0.15) is 25.7 Å². The van der Waals surface area contributed by atoms with Gasteiger partial charge in [0.25, 0.3) is 0 Å². The molecule has 4 heteroatoms. The topological polar surface area (TPSA) is 88.0 Å². The summed E-state index contributed by atoms with van der Waals surface area (Å²) in [6.45, 7) is 0. The Labute approximate surface area is 71.7 Å². The molecule has 0 aliphatic rings. The van der Waals surface area contributed by atoms with Crippen molar-refractivity contribution >= 4 is 0 Å². The SMILES string of the molecule is N#CCCC(O)C(O)CCC#N. The van der Waals surface area contributed by atoms with Gasteiger partial charge in [-0.05, 0) is 12.8 Å². The fraction of sp³-hybridized carbons (Fsp3) is 0.750. The van der Waals surface area contributed by atoms with Gasteiger partial charge in [-0.3, -0.25) is 0 Å². The van der Waals surface area contributed by atoms with E-state index >= 15 is 0 Å². The van der Waals surface area contributed by atoms with Crippen LogP contribution in [0.15, 0.2) is 0 Å². The fourth-order valence-electron chi connectivity index (χ4n) is 0.810. The molecule has 0 fully saturated rings. The van der Waals surface area contributed by atoms with Gasteiger partial charge in [-0.25, -0.2) is 0 Å². The first-order chi connectivity index (χ1) is 5.72. The maximum absolute atomic E-state index is 9.16. The molecule has 0 radical (unpaired) electrons. The highest BCUT2D eigenvalue weighted by atomic mass is 16.3. The smallest absolute Gasteiger partial charge is 0.0809 e. The molecular formula is C8H12N2O2. The normalized spacial score (nSPS) is 14.3. The summed E-state index contributed by atoms with van der Waals surface area (Å²) in [5.74, 6) is 0. The van der Waals surface area contributed by atoms with Crippen molar-refractivity contribution in [3.05, 3.63) is 0 Å². The molecular weight excluding hydrogens is 156 g/mol. The third kappa shape index (κ3) is 4.68. The van der Waals surface area contributed by atoms with Gasteiger partial charge in [-0.15, -0.1) is 0 Å². The van der Waals surface area contributed by atoms with Crippen LogP contribution in [0, 0.1) is 22.7 Å². The number of hydrogen-bond donors (Lipinski definition) is 2. The lowest BCUT2D eigenvalue weighted by Gasteiger charge is -2.14. The summed E-state index contributed by atoms with van der Waals surface area (Å²) in [5, 5.41) is 34.7. The van der Waals surface area contributed by atoms with Gasteiger partial charge in [-0.1, -0.05) is 0 Å². The molecule has 0 aliphatic carbocycles. The van der Waals surface area contributed by atoms with E-state index in [0.29, 0.717) is 0 Å². The van der Waals surface area contributed by atoms with Crippen LogP contribution in [0.2, 0.25) is 0 Å². The van der Waals surface area contributed by atoms with E-state index in [1.165, 1.54) is 0 Å². The van der Waals surface area contributed by atoms with Crippen LogP contribution in [0.5, 0.6) is 0 Å². The van der Waals surface area contributed by atoms with Crippen molar-refractivity contribution in [1.82, 2.24) is 0 Å². The molecule has 0 heterocycles. The lowest BCUT2D eigenvalue weighted by atomic mass is 10.1. The Morgan fingerprint density at radius 3 is 1.50 bits per heavy atom. The molecule has 0 saturated heterocycles. The summed E-state index contributed by atoms with van der Waals surface area (Å²) in [7, 11) is 0. The quantitative estimate of drug-likeness (QED) is 0.618. The van der Waals surface area contributed by atoms with Gasteiger partial charge in [0.1, 0.15) is 0 Å². The third-order valence-electron chi connectivity index (χ3n) is 1.55. The van der Waals surface area contributed by atoms with Crippen molar-refractivity contribution in [1.29, 1.82) is 10.5 Å². The first-order valence-electron chi connectivity index (χ1n) is 3.82. The molecule has 0 spiro atoms. The number of hydrogen-bond acceptors (Lipinski definition) is 4. The summed E-state index contributed by atoms with van der Waals surface area (Å²) in [6.07, 6.45) is -0.766. The molecule has 0 saturated carbocycles. The molecule has 2 unspecified atom stereocenters. The molecule has 0 rings (SSSR count). The largest absolute Gasteiger partial charge is 0.390 e. The molecule has 2 atom stereocenters. The van der Waals surface area contributed by atoms with Gasteiger partial charge < -0.3 is 10.2 Å². The van der Waals surface area contributed by atoms with Crippen LogP contribution in [0.4, 0.5) is 0 Å². The highest BCUT2D eigenvalue weighted by molar-refractivity contribution is 4.78. The number of rotatable bonds is 5. The van der Waals surface area contributed by atoms with Crippen LogP contribution in [-0.4, -0.2) is 22.4 Å². The maximum Gasteiger partial charge on any atom is 0.0809 e. The fourth-order valence-corrected chi connectivity index (χ4v) is 0.810. The van der Waals surface area contributed by atoms with Gasteiger partial charge in [0.15, 0.2) is 0 Å². The van der Waals surface area contributed by atoms with E-state index < -0.39 is 12.2 Å². The van der Waals surface area contributed by atoms with Crippen LogP contribution in [0.3, 0.4) is 0 Å². The van der Waals surface area contributed by atoms with E-state index in [1.54, 1.807) is 0 Å². The van der Waals surface area contributed by atoms with Crippen molar-refractivity contribution in [2.24, 2.45) is 0 Å². The number of nitriles is 2. The minimum Gasteiger partial charge on any atom is -0.390 e. The maximum atomic E-state index is 9.16. The van der Waals surface area contributed by atoms with E-state index in [0.717, 1.165) is 0 Å². The predicted octanol–water partition coefficient (Wildman–Crippen LogP) is 0.316. The zero-order valence-electron chi connectivity index (χ0n) is 6.77. The van der Waals surface area contributed by atoms with Crippen molar-refractivity contribution in [2.45, 2.75) is 37.9 Å². The Hall–Kier alpha value is -1.10. The standard InChI is InChI=1S/C8H12N2O2/c9-5-1-3-7(11)8(12)4-2-6-10/h7-8,11-12H,1-4H2. The van der Waals surface area contributed by atoms with E-state index in [9.17, 15) is 0 Å². The lowest BCUT2D eigenvalue weighted by Crippen LogP contribution is -2.25. The number of nitrogens with zero attached hydrogens (tertiary/aromatic N) is 2. The molecule has 0 aromatic heterocycles.